The van der Waals surface area contributed by atoms with Gasteiger partial charge in [-0.25, -0.2) is 9.18 Å². The summed E-state index contributed by atoms with van der Waals surface area (Å²) in [5.74, 6) is -0.502. The maximum absolute atomic E-state index is 13.5. The van der Waals surface area contributed by atoms with Gasteiger partial charge in [-0.2, -0.15) is 0 Å². The third kappa shape index (κ3) is 4.27. The van der Waals surface area contributed by atoms with Gasteiger partial charge in [-0.15, -0.1) is 0 Å². The fraction of sp³-hybridized carbons (Fsp3) is 0.417. The van der Waals surface area contributed by atoms with E-state index in [2.05, 4.69) is 21.2 Å². The molecule has 1 rings (SSSR count). The first-order valence-electron chi connectivity index (χ1n) is 5.70. The van der Waals surface area contributed by atoms with Gasteiger partial charge < -0.3 is 15.3 Å². The molecule has 1 aromatic rings. The van der Waals surface area contributed by atoms with Gasteiger partial charge in [-0.3, -0.25) is 0 Å². The molecular formula is C12H16BrFN2O2. The van der Waals surface area contributed by atoms with Crippen molar-refractivity contribution in [3.8, 4) is 0 Å². The Morgan fingerprint density at radius 3 is 2.78 bits per heavy atom. The van der Waals surface area contributed by atoms with Crippen molar-refractivity contribution in [1.82, 2.24) is 4.90 Å². The van der Waals surface area contributed by atoms with E-state index in [1.807, 2.05) is 6.92 Å². The molecule has 0 aliphatic rings. The number of anilines is 1. The number of hydrogen-bond donors (Lipinski definition) is 2. The molecule has 2 amide bonds. The van der Waals surface area contributed by atoms with Crippen molar-refractivity contribution in [2.45, 2.75) is 13.3 Å². The minimum atomic E-state index is -0.502. The molecule has 0 bridgehead atoms. The highest BCUT2D eigenvalue weighted by Crippen LogP contribution is 2.19. The van der Waals surface area contributed by atoms with Crippen molar-refractivity contribution in [2.75, 3.05) is 25.0 Å². The maximum atomic E-state index is 13.5. The van der Waals surface area contributed by atoms with Crippen LogP contribution in [-0.4, -0.2) is 35.7 Å². The van der Waals surface area contributed by atoms with Gasteiger partial charge in [-0.1, -0.05) is 22.9 Å². The molecule has 0 unspecified atom stereocenters. The minimum absolute atomic E-state index is 0.115. The van der Waals surface area contributed by atoms with E-state index in [1.54, 1.807) is 6.07 Å². The second-order valence-electron chi connectivity index (χ2n) is 3.76. The lowest BCUT2D eigenvalue weighted by atomic mass is 10.3. The topological polar surface area (TPSA) is 52.6 Å². The van der Waals surface area contributed by atoms with E-state index < -0.39 is 11.8 Å². The molecule has 6 heteroatoms. The van der Waals surface area contributed by atoms with Crippen molar-refractivity contribution in [1.29, 1.82) is 0 Å². The summed E-state index contributed by atoms with van der Waals surface area (Å²) in [6, 6.07) is 4.01. The standard InChI is InChI=1S/C12H16BrFN2O2/c1-2-5-16(6-7-17)12(18)15-11-4-3-9(13)8-10(11)14/h3-4,8,17H,2,5-7H2,1H3,(H,15,18). The molecule has 0 saturated heterocycles. The van der Waals surface area contributed by atoms with Crippen LogP contribution in [0, 0.1) is 5.82 Å². The zero-order valence-electron chi connectivity index (χ0n) is 10.1. The summed E-state index contributed by atoms with van der Waals surface area (Å²) in [4.78, 5) is 13.3. The van der Waals surface area contributed by atoms with Crippen LogP contribution in [0.2, 0.25) is 0 Å². The van der Waals surface area contributed by atoms with Gasteiger partial charge in [0.15, 0.2) is 0 Å². The molecule has 0 radical (unpaired) electrons. The Kier molecular flexibility index (Phi) is 6.07. The lowest BCUT2D eigenvalue weighted by Crippen LogP contribution is -2.37. The Balaban J connectivity index is 2.72. The number of nitrogens with zero attached hydrogens (tertiary/aromatic N) is 1. The highest BCUT2D eigenvalue weighted by Gasteiger charge is 2.13. The predicted octanol–water partition coefficient (Wildman–Crippen LogP) is 2.82. The number of benzene rings is 1. The van der Waals surface area contributed by atoms with Crippen LogP contribution in [0.15, 0.2) is 22.7 Å². The molecule has 0 aromatic heterocycles. The summed E-state index contributed by atoms with van der Waals surface area (Å²) in [6.07, 6.45) is 0.774. The largest absolute Gasteiger partial charge is 0.395 e. The summed E-state index contributed by atoms with van der Waals surface area (Å²) >= 11 is 3.14. The van der Waals surface area contributed by atoms with Crippen LogP contribution < -0.4 is 5.32 Å². The molecule has 0 spiro atoms. The Morgan fingerprint density at radius 1 is 1.50 bits per heavy atom. The van der Waals surface area contributed by atoms with Gasteiger partial charge in [0.25, 0.3) is 0 Å². The third-order valence-electron chi connectivity index (χ3n) is 2.32. The highest BCUT2D eigenvalue weighted by atomic mass is 79.9. The molecule has 0 heterocycles. The van der Waals surface area contributed by atoms with Gasteiger partial charge in [0.05, 0.1) is 12.3 Å². The number of carbonyl (C=O) groups is 1. The van der Waals surface area contributed by atoms with E-state index >= 15 is 0 Å². The fourth-order valence-corrected chi connectivity index (χ4v) is 1.82. The van der Waals surface area contributed by atoms with Crippen LogP contribution in [-0.2, 0) is 0 Å². The van der Waals surface area contributed by atoms with E-state index in [0.717, 1.165) is 6.42 Å². The van der Waals surface area contributed by atoms with Crippen LogP contribution in [0.1, 0.15) is 13.3 Å². The normalized spacial score (nSPS) is 10.2. The number of amides is 2. The van der Waals surface area contributed by atoms with Crippen molar-refractivity contribution < 1.29 is 14.3 Å². The lowest BCUT2D eigenvalue weighted by molar-refractivity contribution is 0.188. The van der Waals surface area contributed by atoms with Gasteiger partial charge in [0, 0.05) is 17.6 Å². The van der Waals surface area contributed by atoms with Gasteiger partial charge >= 0.3 is 6.03 Å². The fourth-order valence-electron chi connectivity index (χ4n) is 1.49. The first-order chi connectivity index (χ1) is 8.58. The van der Waals surface area contributed by atoms with Gasteiger partial charge in [0.1, 0.15) is 5.82 Å². The maximum Gasteiger partial charge on any atom is 0.322 e. The van der Waals surface area contributed by atoms with Crippen molar-refractivity contribution in [3.05, 3.63) is 28.5 Å². The second-order valence-corrected chi connectivity index (χ2v) is 4.68. The summed E-state index contributed by atoms with van der Waals surface area (Å²) in [5.41, 5.74) is 0.127. The van der Waals surface area contributed by atoms with Crippen molar-refractivity contribution >= 4 is 27.6 Å². The van der Waals surface area contributed by atoms with E-state index in [1.165, 1.54) is 17.0 Å². The Morgan fingerprint density at radius 2 is 2.22 bits per heavy atom. The Labute approximate surface area is 114 Å². The number of nitrogens with one attached hydrogen (secondary N) is 1. The number of hydrogen-bond acceptors (Lipinski definition) is 2. The molecule has 0 atom stereocenters. The van der Waals surface area contributed by atoms with Gasteiger partial charge in [0.2, 0.25) is 0 Å². The summed E-state index contributed by atoms with van der Waals surface area (Å²) in [6.45, 7) is 2.57. The van der Waals surface area contributed by atoms with Crippen LogP contribution in [0.5, 0.6) is 0 Å². The van der Waals surface area contributed by atoms with E-state index in [9.17, 15) is 9.18 Å². The second kappa shape index (κ2) is 7.33. The minimum Gasteiger partial charge on any atom is -0.395 e. The number of aliphatic hydroxyl groups excluding tert-OH is 1. The Hall–Kier alpha value is -1.14. The van der Waals surface area contributed by atoms with Crippen LogP contribution in [0.4, 0.5) is 14.9 Å². The van der Waals surface area contributed by atoms with Crippen LogP contribution >= 0.6 is 15.9 Å². The molecule has 0 aliphatic heterocycles. The van der Waals surface area contributed by atoms with E-state index in [-0.39, 0.29) is 18.8 Å². The SMILES string of the molecule is CCCN(CCO)C(=O)Nc1ccc(Br)cc1F. The molecule has 0 saturated carbocycles. The third-order valence-corrected chi connectivity index (χ3v) is 2.82. The zero-order chi connectivity index (χ0) is 13.5. The molecule has 4 nitrogen and oxygen atoms in total. The average molecular weight is 319 g/mol. The van der Waals surface area contributed by atoms with Crippen molar-refractivity contribution in [2.24, 2.45) is 0 Å². The predicted molar refractivity (Wildman–Crippen MR) is 72.1 cm³/mol. The molecule has 18 heavy (non-hydrogen) atoms. The van der Waals surface area contributed by atoms with Crippen molar-refractivity contribution in [3.63, 3.8) is 0 Å². The van der Waals surface area contributed by atoms with Crippen LogP contribution in [0.3, 0.4) is 0 Å². The average Bonchev–Trinajstić information content (AvgIpc) is 2.32. The number of halogens is 2. The molecule has 0 aliphatic carbocycles. The summed E-state index contributed by atoms with van der Waals surface area (Å²) in [7, 11) is 0. The molecule has 2 N–H and O–H groups in total. The summed E-state index contributed by atoms with van der Waals surface area (Å²) in [5, 5.41) is 11.4. The lowest BCUT2D eigenvalue weighted by Gasteiger charge is -2.21. The Bertz CT molecular complexity index is 409. The van der Waals surface area contributed by atoms with Gasteiger partial charge in [-0.05, 0) is 24.6 Å². The van der Waals surface area contributed by atoms with E-state index in [0.29, 0.717) is 11.0 Å². The zero-order valence-corrected chi connectivity index (χ0v) is 11.7. The number of urea groups is 1. The molecule has 0 fully saturated rings. The number of aliphatic hydroxyl groups is 1. The quantitative estimate of drug-likeness (QED) is 0.877. The first-order valence-corrected chi connectivity index (χ1v) is 6.49. The van der Waals surface area contributed by atoms with E-state index in [4.69, 9.17) is 5.11 Å². The molecule has 100 valence electrons. The smallest absolute Gasteiger partial charge is 0.322 e. The number of carbonyl (C=O) groups excluding carboxylic acids is 1. The number of rotatable bonds is 5. The summed E-state index contributed by atoms with van der Waals surface area (Å²) < 4.78 is 14.1. The monoisotopic (exact) mass is 318 g/mol. The highest BCUT2D eigenvalue weighted by molar-refractivity contribution is 9.10. The first kappa shape index (κ1) is 14.9. The molecule has 1 aromatic carbocycles. The van der Waals surface area contributed by atoms with Crippen LogP contribution in [0.25, 0.3) is 0 Å². The molecular weight excluding hydrogens is 303 g/mol.